The molecule has 1 aromatic rings. The lowest BCUT2D eigenvalue weighted by molar-refractivity contribution is -0.138. The minimum atomic E-state index is -1.79. The van der Waals surface area contributed by atoms with Gasteiger partial charge in [0.1, 0.15) is 48.3 Å². The number of nitrogens with two attached hydrogens (primary N) is 3. The number of nitrogens with zero attached hydrogens (tertiary/aromatic N) is 1. The van der Waals surface area contributed by atoms with Gasteiger partial charge in [0, 0.05) is 6.54 Å². The van der Waals surface area contributed by atoms with Crippen molar-refractivity contribution in [2.24, 2.45) is 39.9 Å². The summed E-state index contributed by atoms with van der Waals surface area (Å²) in [6, 6.07) is -6.66. The fourth-order valence-electron chi connectivity index (χ4n) is 7.36. The average Bonchev–Trinajstić information content (AvgIpc) is 3.32. The van der Waals surface area contributed by atoms with Crippen LogP contribution in [-0.4, -0.2) is 166 Å². The predicted octanol–water partition coefficient (Wildman–Crippen LogP) is -4.75. The van der Waals surface area contributed by atoms with Gasteiger partial charge >= 0.3 is 0 Å². The summed E-state index contributed by atoms with van der Waals surface area (Å²) in [7, 11) is 0. The number of hydrogen-bond acceptors (Lipinski definition) is 15. The van der Waals surface area contributed by atoms with E-state index in [9.17, 15) is 63.6 Å². The first-order chi connectivity index (χ1) is 33.7. The molecule has 2 rings (SSSR count). The normalized spacial score (nSPS) is 26.7. The maximum atomic E-state index is 14.3. The van der Waals surface area contributed by atoms with Crippen molar-refractivity contribution >= 4 is 59.1 Å². The van der Waals surface area contributed by atoms with Crippen LogP contribution in [0.3, 0.4) is 0 Å². The molecule has 1 heterocycles. The third-order valence-corrected chi connectivity index (χ3v) is 11.8. The molecule has 0 spiro atoms. The molecule has 26 nitrogen and oxygen atoms in total. The number of nitrogens with one attached hydrogen (secondary N) is 9. The number of aliphatic imine (C=N–C) groups is 1. The second-order valence-electron chi connectivity index (χ2n) is 18.7. The van der Waals surface area contributed by atoms with Crippen molar-refractivity contribution < 1.29 is 63.6 Å². The molecule has 0 aliphatic carbocycles. The molecular weight excluding hydrogens is 955 g/mol. The smallest absolute Gasteiger partial charge is 0.245 e. The van der Waals surface area contributed by atoms with Crippen LogP contribution in [0.25, 0.3) is 0 Å². The van der Waals surface area contributed by atoms with E-state index >= 15 is 0 Å². The quantitative estimate of drug-likeness (QED) is 0.0473. The Morgan fingerprint density at radius 2 is 1.12 bits per heavy atom. The summed E-state index contributed by atoms with van der Waals surface area (Å²) >= 11 is 0. The van der Waals surface area contributed by atoms with Crippen LogP contribution in [0.4, 0.5) is 0 Å². The molecule has 1 unspecified atom stereocenters. The molecule has 0 aromatic heterocycles. The zero-order valence-corrected chi connectivity index (χ0v) is 42.1. The Morgan fingerprint density at radius 3 is 1.66 bits per heavy atom. The van der Waals surface area contributed by atoms with E-state index < -0.39 is 151 Å². The minimum absolute atomic E-state index is 0. The van der Waals surface area contributed by atoms with E-state index in [4.69, 9.17) is 17.2 Å². The van der Waals surface area contributed by atoms with E-state index in [0.717, 1.165) is 6.92 Å². The van der Waals surface area contributed by atoms with E-state index in [1.54, 1.807) is 59.7 Å². The van der Waals surface area contributed by atoms with Crippen LogP contribution in [0.5, 0.6) is 0 Å². The van der Waals surface area contributed by atoms with Gasteiger partial charge in [-0.05, 0) is 56.4 Å². The molecular formula is C47H81N13O13. The van der Waals surface area contributed by atoms with Gasteiger partial charge in [0.25, 0.3) is 0 Å². The zero-order valence-electron chi connectivity index (χ0n) is 42.1. The molecule has 0 bridgehead atoms. The lowest BCUT2D eigenvalue weighted by Crippen LogP contribution is -2.63. The van der Waals surface area contributed by atoms with Crippen LogP contribution in [0.15, 0.2) is 35.3 Å². The predicted molar refractivity (Wildman–Crippen MR) is 269 cm³/mol. The number of carbonyl (C=O) groups is 9. The molecule has 1 aromatic carbocycles. The highest BCUT2D eigenvalue weighted by Gasteiger charge is 2.40. The summed E-state index contributed by atoms with van der Waals surface area (Å²) in [4.78, 5) is 129. The Balaban J connectivity index is 0.0000266. The lowest BCUT2D eigenvalue weighted by atomic mass is 9.95. The minimum Gasteiger partial charge on any atom is -0.394 e. The Morgan fingerprint density at radius 1 is 0.630 bits per heavy atom. The third kappa shape index (κ3) is 20.5. The Hall–Kier alpha value is -6.48. The van der Waals surface area contributed by atoms with E-state index in [2.05, 4.69) is 52.8 Å². The van der Waals surface area contributed by atoms with Gasteiger partial charge in [-0.15, -0.1) is 0 Å². The maximum absolute atomic E-state index is 14.3. The first kappa shape index (κ1) is 64.5. The molecule has 9 amide bonds. The highest BCUT2D eigenvalue weighted by molar-refractivity contribution is 5.98. The van der Waals surface area contributed by atoms with Crippen molar-refractivity contribution in [1.29, 1.82) is 0 Å². The molecule has 0 saturated carbocycles. The van der Waals surface area contributed by atoms with Crippen LogP contribution in [0.2, 0.25) is 0 Å². The maximum Gasteiger partial charge on any atom is 0.245 e. The summed E-state index contributed by atoms with van der Waals surface area (Å²) in [5, 5.41) is 64.7. The van der Waals surface area contributed by atoms with Gasteiger partial charge < -0.3 is 85.5 Å². The number of carbonyl (C=O) groups excluding carboxylic acids is 9. The molecule has 1 aliphatic rings. The highest BCUT2D eigenvalue weighted by atomic mass is 16.3. The molecule has 73 heavy (non-hydrogen) atoms. The van der Waals surface area contributed by atoms with Gasteiger partial charge in [-0.1, -0.05) is 85.7 Å². The van der Waals surface area contributed by atoms with Crippen LogP contribution in [0.1, 0.15) is 100 Å². The average molecular weight is 1040 g/mol. The van der Waals surface area contributed by atoms with Gasteiger partial charge in [0.05, 0.1) is 37.5 Å². The number of aliphatic hydroxyl groups excluding tert-OH is 4. The molecule has 13 atom stereocenters. The van der Waals surface area contributed by atoms with E-state index in [1.165, 1.54) is 19.1 Å². The van der Waals surface area contributed by atoms with Crippen LogP contribution in [0, 0.1) is 17.8 Å². The number of benzene rings is 1. The molecule has 1 fully saturated rings. The molecule has 1 aliphatic heterocycles. The number of hydrogen-bond donors (Lipinski definition) is 16. The van der Waals surface area contributed by atoms with Crippen molar-refractivity contribution in [1.82, 2.24) is 47.9 Å². The highest BCUT2D eigenvalue weighted by Crippen LogP contribution is 2.19. The SMILES string of the molecule is C.CC[C@H](C)[C@@H]1NC(=O)[C@@H](CCCN=C(N)N)NC(=O)[C@H](CC(C)C)NC(=O)[C@H]([C@H](O)C(C)C)NC(=O)[C@@H](N)[C@@H](c2ccccc2)NC(=O)[C@H](CO)NC(=O)C([C@H](C)O)NC(=O)CNC(=O)[C@H]([C@H](C)O)NC1=O. The molecule has 19 N–H and O–H groups in total. The largest absolute Gasteiger partial charge is 0.394 e. The van der Waals surface area contributed by atoms with Gasteiger partial charge in [0.2, 0.25) is 53.2 Å². The third-order valence-electron chi connectivity index (χ3n) is 11.8. The first-order valence-electron chi connectivity index (χ1n) is 23.9. The molecule has 412 valence electrons. The van der Waals surface area contributed by atoms with E-state index in [0.29, 0.717) is 6.42 Å². The monoisotopic (exact) mass is 1040 g/mol. The molecule has 0 radical (unpaired) electrons. The number of amides is 9. The summed E-state index contributed by atoms with van der Waals surface area (Å²) < 4.78 is 0. The van der Waals surface area contributed by atoms with Gasteiger partial charge in [-0.3, -0.25) is 48.1 Å². The lowest BCUT2D eigenvalue weighted by Gasteiger charge is -2.32. The topological polar surface area (TPSA) is 433 Å². The summed E-state index contributed by atoms with van der Waals surface area (Å²) in [5.74, 6) is -11.0. The number of guanidine groups is 1. The molecule has 26 heteroatoms. The van der Waals surface area contributed by atoms with Crippen molar-refractivity contribution in [2.45, 2.75) is 161 Å². The van der Waals surface area contributed by atoms with Gasteiger partial charge in [-0.2, -0.15) is 0 Å². The molecule has 1 saturated heterocycles. The van der Waals surface area contributed by atoms with Crippen molar-refractivity contribution in [3.8, 4) is 0 Å². The van der Waals surface area contributed by atoms with Crippen molar-refractivity contribution in [2.75, 3.05) is 19.7 Å². The van der Waals surface area contributed by atoms with Crippen molar-refractivity contribution in [3.05, 3.63) is 35.9 Å². The second-order valence-corrected chi connectivity index (χ2v) is 18.7. The Kier molecular flexibility index (Phi) is 27.6. The van der Waals surface area contributed by atoms with Gasteiger partial charge in [-0.25, -0.2) is 0 Å². The fourth-order valence-corrected chi connectivity index (χ4v) is 7.36. The van der Waals surface area contributed by atoms with Crippen LogP contribution < -0.4 is 65.1 Å². The van der Waals surface area contributed by atoms with Crippen LogP contribution >= 0.6 is 0 Å². The fraction of sp³-hybridized carbons (Fsp3) is 0.660. The number of rotatable bonds is 14. The summed E-state index contributed by atoms with van der Waals surface area (Å²) in [6.07, 6.45) is -4.51. The Bertz CT molecular complexity index is 2040. The summed E-state index contributed by atoms with van der Waals surface area (Å²) in [5.41, 5.74) is 17.8. The number of aliphatic hydroxyl groups is 4. The van der Waals surface area contributed by atoms with E-state index in [1.807, 2.05) is 0 Å². The van der Waals surface area contributed by atoms with Crippen LogP contribution in [-0.2, 0) is 43.2 Å². The second kappa shape index (κ2) is 31.2. The standard InChI is InChI=1S/C46H77N13O13.CH4/c1-9-23(6)32-43(70)57-33(24(7)61)42(69)51-19-30(63)55-34(25(8)62)44(71)54-29(20-60)40(67)58-35(26-14-11-10-12-15-26)31(47)41(68)59-36(37(64)22(4)5)45(72)53-28(18-21(2)3)39(66)52-27(38(65)56-32)16-13-17-50-46(48)49;/h10-12,14-15,21-25,27-29,31-37,60-62,64H,9,13,16-20,47H2,1-8H3,(H,51,69)(H,52,66)(H,53,72)(H,54,71)(H,55,63)(H,56,65)(H,57,70)(H,58,67)(H,59,68)(H4,48,49,50);1H4/t23-,24-,25-,27+,28-,29-,31-,32-,33-,34?,35+,36-,37+;/m0./s1. The Labute approximate surface area is 426 Å². The summed E-state index contributed by atoms with van der Waals surface area (Å²) in [6.45, 7) is 10.4. The first-order valence-corrected chi connectivity index (χ1v) is 23.9. The zero-order chi connectivity index (χ0) is 54.6. The van der Waals surface area contributed by atoms with Gasteiger partial charge in [0.15, 0.2) is 5.96 Å². The van der Waals surface area contributed by atoms with Crippen molar-refractivity contribution in [3.63, 3.8) is 0 Å². The van der Waals surface area contributed by atoms with E-state index in [-0.39, 0.29) is 50.7 Å².